The largest absolute Gasteiger partial charge is 0.479 e. The van der Waals surface area contributed by atoms with Crippen molar-refractivity contribution in [2.75, 3.05) is 19.6 Å². The fourth-order valence-electron chi connectivity index (χ4n) is 2.25. The standard InChI is InChI=1S/C11H22N2O3/c1-11(16,10(14)15)8-13-7-3-2-4-9(13)5-6-12/h9,16H,2-8,12H2,1H3,(H,14,15). The van der Waals surface area contributed by atoms with Gasteiger partial charge in [-0.1, -0.05) is 6.42 Å². The van der Waals surface area contributed by atoms with Gasteiger partial charge in [0.1, 0.15) is 0 Å². The Morgan fingerprint density at radius 1 is 1.56 bits per heavy atom. The molecule has 5 heteroatoms. The molecule has 94 valence electrons. The van der Waals surface area contributed by atoms with Crippen molar-refractivity contribution in [2.24, 2.45) is 5.73 Å². The highest BCUT2D eigenvalue weighted by molar-refractivity contribution is 5.76. The first-order valence-corrected chi connectivity index (χ1v) is 5.87. The molecular formula is C11H22N2O3. The molecule has 2 unspecified atom stereocenters. The molecule has 0 radical (unpaired) electrons. The van der Waals surface area contributed by atoms with Gasteiger partial charge in [-0.3, -0.25) is 4.90 Å². The number of piperidine rings is 1. The molecular weight excluding hydrogens is 208 g/mol. The van der Waals surface area contributed by atoms with Crippen molar-refractivity contribution in [3.05, 3.63) is 0 Å². The number of carbonyl (C=O) groups is 1. The van der Waals surface area contributed by atoms with E-state index in [9.17, 15) is 9.90 Å². The SMILES string of the molecule is CC(O)(CN1CCCCC1CCN)C(=O)O. The first-order chi connectivity index (χ1) is 7.47. The number of β-amino-alcohol motifs (C(OH)–C–C–N with tert-alkyl or cyclic N) is 1. The zero-order valence-electron chi connectivity index (χ0n) is 9.85. The van der Waals surface area contributed by atoms with Crippen LogP contribution in [0.2, 0.25) is 0 Å². The Bertz CT molecular complexity index is 241. The van der Waals surface area contributed by atoms with E-state index >= 15 is 0 Å². The number of nitrogens with zero attached hydrogens (tertiary/aromatic N) is 1. The molecule has 1 saturated heterocycles. The third kappa shape index (κ3) is 3.43. The second-order valence-corrected chi connectivity index (χ2v) is 4.78. The molecule has 0 spiro atoms. The summed E-state index contributed by atoms with van der Waals surface area (Å²) in [5, 5.41) is 18.6. The minimum atomic E-state index is -1.66. The van der Waals surface area contributed by atoms with Gasteiger partial charge in [-0.2, -0.15) is 0 Å². The molecule has 1 rings (SSSR count). The number of aliphatic carboxylic acids is 1. The molecule has 0 saturated carbocycles. The van der Waals surface area contributed by atoms with Crippen LogP contribution in [0.3, 0.4) is 0 Å². The lowest BCUT2D eigenvalue weighted by Gasteiger charge is -2.38. The normalized spacial score (nSPS) is 26.3. The number of likely N-dealkylation sites (tertiary alicyclic amines) is 1. The van der Waals surface area contributed by atoms with Gasteiger partial charge in [-0.25, -0.2) is 4.79 Å². The van der Waals surface area contributed by atoms with Crippen molar-refractivity contribution in [3.8, 4) is 0 Å². The van der Waals surface area contributed by atoms with Gasteiger partial charge in [-0.15, -0.1) is 0 Å². The molecule has 1 aliphatic heterocycles. The summed E-state index contributed by atoms with van der Waals surface area (Å²) in [6.07, 6.45) is 4.15. The van der Waals surface area contributed by atoms with E-state index in [2.05, 4.69) is 4.90 Å². The molecule has 5 nitrogen and oxygen atoms in total. The zero-order chi connectivity index (χ0) is 12.2. The maximum Gasteiger partial charge on any atom is 0.336 e. The molecule has 16 heavy (non-hydrogen) atoms. The monoisotopic (exact) mass is 230 g/mol. The van der Waals surface area contributed by atoms with Crippen LogP contribution in [0, 0.1) is 0 Å². The van der Waals surface area contributed by atoms with Crippen LogP contribution in [-0.2, 0) is 4.79 Å². The van der Waals surface area contributed by atoms with E-state index in [0.29, 0.717) is 12.6 Å². The molecule has 4 N–H and O–H groups in total. The molecule has 1 fully saturated rings. The molecule has 0 bridgehead atoms. The average molecular weight is 230 g/mol. The minimum absolute atomic E-state index is 0.188. The van der Waals surface area contributed by atoms with Gasteiger partial charge < -0.3 is 15.9 Å². The fourth-order valence-corrected chi connectivity index (χ4v) is 2.25. The van der Waals surface area contributed by atoms with Gasteiger partial charge in [0, 0.05) is 12.6 Å². The summed E-state index contributed by atoms with van der Waals surface area (Å²) in [4.78, 5) is 12.9. The lowest BCUT2D eigenvalue weighted by Crippen LogP contribution is -2.52. The van der Waals surface area contributed by atoms with E-state index in [0.717, 1.165) is 32.2 Å². The van der Waals surface area contributed by atoms with Crippen molar-refractivity contribution in [1.82, 2.24) is 4.90 Å². The van der Waals surface area contributed by atoms with Gasteiger partial charge >= 0.3 is 5.97 Å². The van der Waals surface area contributed by atoms with Gasteiger partial charge in [0.25, 0.3) is 0 Å². The van der Waals surface area contributed by atoms with Crippen molar-refractivity contribution < 1.29 is 15.0 Å². The molecule has 1 aliphatic rings. The summed E-state index contributed by atoms with van der Waals surface area (Å²) in [6.45, 7) is 3.00. The van der Waals surface area contributed by atoms with E-state index in [4.69, 9.17) is 10.8 Å². The van der Waals surface area contributed by atoms with Crippen LogP contribution in [0.4, 0.5) is 0 Å². The van der Waals surface area contributed by atoms with E-state index in [1.54, 1.807) is 0 Å². The number of hydrogen-bond acceptors (Lipinski definition) is 4. The van der Waals surface area contributed by atoms with E-state index < -0.39 is 11.6 Å². The minimum Gasteiger partial charge on any atom is -0.479 e. The van der Waals surface area contributed by atoms with Crippen LogP contribution < -0.4 is 5.73 Å². The van der Waals surface area contributed by atoms with Crippen LogP contribution >= 0.6 is 0 Å². The molecule has 1 heterocycles. The number of nitrogens with two attached hydrogens (primary N) is 1. The number of rotatable bonds is 5. The van der Waals surface area contributed by atoms with Crippen molar-refractivity contribution in [2.45, 2.75) is 44.2 Å². The zero-order valence-corrected chi connectivity index (χ0v) is 9.85. The van der Waals surface area contributed by atoms with Gasteiger partial charge in [0.05, 0.1) is 0 Å². The van der Waals surface area contributed by atoms with Crippen LogP contribution in [0.15, 0.2) is 0 Å². The third-order valence-electron chi connectivity index (χ3n) is 3.22. The average Bonchev–Trinajstić information content (AvgIpc) is 2.20. The lowest BCUT2D eigenvalue weighted by molar-refractivity contribution is -0.159. The predicted octanol–water partition coefficient (Wildman–Crippen LogP) is 0.0253. The fraction of sp³-hybridized carbons (Fsp3) is 0.909. The summed E-state index contributed by atoms with van der Waals surface area (Å²) >= 11 is 0. The Kier molecular flexibility index (Phi) is 4.70. The first-order valence-electron chi connectivity index (χ1n) is 5.87. The van der Waals surface area contributed by atoms with E-state index in [-0.39, 0.29) is 6.54 Å². The molecule has 0 amide bonds. The quantitative estimate of drug-likeness (QED) is 0.620. The summed E-state index contributed by atoms with van der Waals surface area (Å²) in [6, 6.07) is 0.324. The smallest absolute Gasteiger partial charge is 0.336 e. The van der Waals surface area contributed by atoms with Crippen molar-refractivity contribution >= 4 is 5.97 Å². The highest BCUT2D eigenvalue weighted by Crippen LogP contribution is 2.21. The second-order valence-electron chi connectivity index (χ2n) is 4.78. The molecule has 0 aromatic carbocycles. The van der Waals surface area contributed by atoms with Gasteiger partial charge in [-0.05, 0) is 39.3 Å². The Morgan fingerprint density at radius 2 is 2.25 bits per heavy atom. The number of hydrogen-bond donors (Lipinski definition) is 3. The highest BCUT2D eigenvalue weighted by Gasteiger charge is 2.35. The third-order valence-corrected chi connectivity index (χ3v) is 3.22. The van der Waals surface area contributed by atoms with Crippen LogP contribution in [0.5, 0.6) is 0 Å². The second kappa shape index (κ2) is 5.61. The van der Waals surface area contributed by atoms with Crippen molar-refractivity contribution in [1.29, 1.82) is 0 Å². The molecule has 2 atom stereocenters. The Hall–Kier alpha value is -0.650. The van der Waals surface area contributed by atoms with Crippen molar-refractivity contribution in [3.63, 3.8) is 0 Å². The summed E-state index contributed by atoms with van der Waals surface area (Å²) < 4.78 is 0. The van der Waals surface area contributed by atoms with E-state index in [1.807, 2.05) is 0 Å². The first kappa shape index (κ1) is 13.4. The number of aliphatic hydroxyl groups is 1. The molecule has 0 aromatic rings. The molecule has 0 aliphatic carbocycles. The van der Waals surface area contributed by atoms with E-state index in [1.165, 1.54) is 6.92 Å². The lowest BCUT2D eigenvalue weighted by atomic mass is 9.96. The highest BCUT2D eigenvalue weighted by atomic mass is 16.4. The van der Waals surface area contributed by atoms with Crippen LogP contribution in [-0.4, -0.2) is 52.4 Å². The van der Waals surface area contributed by atoms with Crippen LogP contribution in [0.25, 0.3) is 0 Å². The Labute approximate surface area is 96.2 Å². The Morgan fingerprint density at radius 3 is 2.81 bits per heavy atom. The summed E-state index contributed by atoms with van der Waals surface area (Å²) in [7, 11) is 0. The summed E-state index contributed by atoms with van der Waals surface area (Å²) in [5.74, 6) is -1.16. The number of carboxylic acid groups (broad SMARTS) is 1. The molecule has 0 aromatic heterocycles. The Balaban J connectivity index is 2.58. The maximum atomic E-state index is 10.9. The topological polar surface area (TPSA) is 86.8 Å². The predicted molar refractivity (Wildman–Crippen MR) is 61.1 cm³/mol. The maximum absolute atomic E-state index is 10.9. The summed E-state index contributed by atoms with van der Waals surface area (Å²) in [5.41, 5.74) is 3.88. The number of carboxylic acids is 1. The van der Waals surface area contributed by atoms with Gasteiger partial charge in [0.15, 0.2) is 5.60 Å². The van der Waals surface area contributed by atoms with Gasteiger partial charge in [0.2, 0.25) is 0 Å². The van der Waals surface area contributed by atoms with Crippen LogP contribution in [0.1, 0.15) is 32.6 Å².